The van der Waals surface area contributed by atoms with Crippen molar-refractivity contribution in [2.75, 3.05) is 5.32 Å². The quantitative estimate of drug-likeness (QED) is 0.400. The first kappa shape index (κ1) is 23.2. The first-order valence-corrected chi connectivity index (χ1v) is 11.7. The maximum Gasteiger partial charge on any atom is 0.243 e. The molecular formula is C26H30FN7O. The Morgan fingerprint density at radius 2 is 1.80 bits per heavy atom. The number of fused-ring (bicyclic) bond motifs is 1. The van der Waals surface area contributed by atoms with E-state index in [2.05, 4.69) is 44.8 Å². The molecule has 0 amide bonds. The SMILES string of the molecule is Cn1ncc2cc(-c3ccc(-c4cnc(N[C@H]5CC(C)(C)NC(C)(C)[C@H]5F)nn4)c(O)c3)ccc21. The lowest BCUT2D eigenvalue weighted by Crippen LogP contribution is -2.67. The predicted octanol–water partition coefficient (Wildman–Crippen LogP) is 4.47. The molecule has 5 rings (SSSR count). The maximum atomic E-state index is 15.1. The van der Waals surface area contributed by atoms with E-state index in [1.54, 1.807) is 12.1 Å². The van der Waals surface area contributed by atoms with Crippen molar-refractivity contribution in [3.8, 4) is 28.1 Å². The molecule has 3 heterocycles. The molecule has 1 aliphatic heterocycles. The molecule has 0 unspecified atom stereocenters. The summed E-state index contributed by atoms with van der Waals surface area (Å²) in [6.07, 6.45) is 2.81. The van der Waals surface area contributed by atoms with Crippen molar-refractivity contribution in [1.82, 2.24) is 30.3 Å². The van der Waals surface area contributed by atoms with E-state index in [1.165, 1.54) is 6.20 Å². The van der Waals surface area contributed by atoms with Crippen molar-refractivity contribution in [2.24, 2.45) is 7.05 Å². The zero-order valence-electron chi connectivity index (χ0n) is 20.5. The molecule has 1 fully saturated rings. The van der Waals surface area contributed by atoms with E-state index >= 15 is 4.39 Å². The fourth-order valence-electron chi connectivity index (χ4n) is 5.17. The normalized spacial score (nSPS) is 21.2. The molecule has 0 bridgehead atoms. The molecule has 182 valence electrons. The third-order valence-electron chi connectivity index (χ3n) is 6.66. The number of alkyl halides is 1. The van der Waals surface area contributed by atoms with E-state index in [4.69, 9.17) is 0 Å². The van der Waals surface area contributed by atoms with Gasteiger partial charge in [-0.1, -0.05) is 12.1 Å². The average molecular weight is 476 g/mol. The standard InChI is InChI=1S/C26H30FN7O/c1-25(2)12-19(23(27)26(3,4)33-25)30-24-28-14-20(31-32-24)18-8-6-16(11-22(18)35)15-7-9-21-17(10-15)13-29-34(21)5/h6-11,13-14,19,23,33,35H,12H2,1-5H3,(H,28,30,32)/t19-,23-/m0/s1. The van der Waals surface area contributed by atoms with Crippen LogP contribution < -0.4 is 10.6 Å². The summed E-state index contributed by atoms with van der Waals surface area (Å²) in [5.74, 6) is 0.340. The molecule has 0 saturated carbocycles. The molecule has 35 heavy (non-hydrogen) atoms. The van der Waals surface area contributed by atoms with Crippen LogP contribution in [-0.4, -0.2) is 53.4 Å². The topological polar surface area (TPSA) is 101 Å². The summed E-state index contributed by atoms with van der Waals surface area (Å²) >= 11 is 0. The molecule has 8 nitrogen and oxygen atoms in total. The van der Waals surface area contributed by atoms with Gasteiger partial charge in [0.15, 0.2) is 0 Å². The van der Waals surface area contributed by atoms with E-state index < -0.39 is 17.8 Å². The second-order valence-electron chi connectivity index (χ2n) is 10.5. The Morgan fingerprint density at radius 3 is 2.51 bits per heavy atom. The number of aryl methyl sites for hydroxylation is 1. The number of aromatic hydroxyl groups is 1. The van der Waals surface area contributed by atoms with Crippen LogP contribution in [0.25, 0.3) is 33.3 Å². The Morgan fingerprint density at radius 1 is 1.06 bits per heavy atom. The number of benzene rings is 2. The molecule has 0 spiro atoms. The van der Waals surface area contributed by atoms with Crippen LogP contribution in [0.3, 0.4) is 0 Å². The summed E-state index contributed by atoms with van der Waals surface area (Å²) in [6.45, 7) is 7.82. The molecule has 4 aromatic rings. The number of nitrogens with zero attached hydrogens (tertiary/aromatic N) is 5. The Kier molecular flexibility index (Phi) is 5.47. The highest BCUT2D eigenvalue weighted by Gasteiger charge is 2.46. The van der Waals surface area contributed by atoms with E-state index in [0.717, 1.165) is 22.0 Å². The van der Waals surface area contributed by atoms with Gasteiger partial charge in [0, 0.05) is 29.1 Å². The van der Waals surface area contributed by atoms with Gasteiger partial charge >= 0.3 is 0 Å². The van der Waals surface area contributed by atoms with E-state index in [-0.39, 0.29) is 17.2 Å². The molecule has 2 atom stereocenters. The summed E-state index contributed by atoms with van der Waals surface area (Å²) in [4.78, 5) is 4.35. The summed E-state index contributed by atoms with van der Waals surface area (Å²) in [6, 6.07) is 11.0. The molecule has 0 radical (unpaired) electrons. The number of nitrogens with one attached hydrogen (secondary N) is 2. The number of phenolic OH excluding ortho intramolecular Hbond substituents is 1. The third kappa shape index (κ3) is 4.43. The predicted molar refractivity (Wildman–Crippen MR) is 135 cm³/mol. The first-order valence-electron chi connectivity index (χ1n) is 11.7. The third-order valence-corrected chi connectivity index (χ3v) is 6.66. The van der Waals surface area contributed by atoms with Crippen molar-refractivity contribution in [1.29, 1.82) is 0 Å². The molecule has 0 aliphatic carbocycles. The van der Waals surface area contributed by atoms with Crippen molar-refractivity contribution in [2.45, 2.75) is 57.4 Å². The van der Waals surface area contributed by atoms with Crippen LogP contribution in [0, 0.1) is 0 Å². The van der Waals surface area contributed by atoms with Crippen LogP contribution in [0.4, 0.5) is 10.3 Å². The second kappa shape index (κ2) is 8.27. The lowest BCUT2D eigenvalue weighted by molar-refractivity contribution is 0.0654. The average Bonchev–Trinajstić information content (AvgIpc) is 3.17. The lowest BCUT2D eigenvalue weighted by Gasteiger charge is -2.48. The van der Waals surface area contributed by atoms with Gasteiger partial charge in [-0.3, -0.25) is 4.68 Å². The number of halogens is 1. The van der Waals surface area contributed by atoms with Gasteiger partial charge in [0.05, 0.1) is 24.0 Å². The molecule has 2 aromatic heterocycles. The van der Waals surface area contributed by atoms with Gasteiger partial charge in [0.25, 0.3) is 0 Å². The highest BCUT2D eigenvalue weighted by atomic mass is 19.1. The Balaban J connectivity index is 1.35. The molecule has 9 heteroatoms. The van der Waals surface area contributed by atoms with Crippen LogP contribution in [0.2, 0.25) is 0 Å². The van der Waals surface area contributed by atoms with Crippen LogP contribution in [0.1, 0.15) is 34.1 Å². The molecule has 1 saturated heterocycles. The Hall–Kier alpha value is -3.59. The molecule has 1 aliphatic rings. The summed E-state index contributed by atoms with van der Waals surface area (Å²) in [5.41, 5.74) is 2.94. The number of anilines is 1. The van der Waals surface area contributed by atoms with Crippen molar-refractivity contribution in [3.05, 3.63) is 48.8 Å². The van der Waals surface area contributed by atoms with Gasteiger partial charge in [0.2, 0.25) is 5.95 Å². The van der Waals surface area contributed by atoms with Crippen LogP contribution in [0.15, 0.2) is 48.8 Å². The van der Waals surface area contributed by atoms with Crippen LogP contribution >= 0.6 is 0 Å². The zero-order chi connectivity index (χ0) is 25.0. The van der Waals surface area contributed by atoms with E-state index in [1.807, 2.05) is 56.0 Å². The fourth-order valence-corrected chi connectivity index (χ4v) is 5.17. The van der Waals surface area contributed by atoms with E-state index in [0.29, 0.717) is 17.7 Å². The smallest absolute Gasteiger partial charge is 0.243 e. The Bertz CT molecular complexity index is 1380. The molecule has 3 N–H and O–H groups in total. The second-order valence-corrected chi connectivity index (χ2v) is 10.5. The van der Waals surface area contributed by atoms with Gasteiger partial charge in [-0.25, -0.2) is 9.37 Å². The summed E-state index contributed by atoms with van der Waals surface area (Å²) in [5, 5.41) is 30.9. The van der Waals surface area contributed by atoms with Gasteiger partial charge < -0.3 is 15.7 Å². The van der Waals surface area contributed by atoms with Crippen molar-refractivity contribution < 1.29 is 9.50 Å². The van der Waals surface area contributed by atoms with Gasteiger partial charge in [-0.15, -0.1) is 10.2 Å². The summed E-state index contributed by atoms with van der Waals surface area (Å²) in [7, 11) is 1.91. The number of aromatic nitrogens is 5. The van der Waals surface area contributed by atoms with Crippen molar-refractivity contribution >= 4 is 16.9 Å². The number of phenols is 1. The van der Waals surface area contributed by atoms with Crippen LogP contribution in [0.5, 0.6) is 5.75 Å². The van der Waals surface area contributed by atoms with Crippen LogP contribution in [-0.2, 0) is 7.05 Å². The van der Waals surface area contributed by atoms with Gasteiger partial charge in [0.1, 0.15) is 17.6 Å². The minimum atomic E-state index is -1.12. The summed E-state index contributed by atoms with van der Waals surface area (Å²) < 4.78 is 16.9. The molecule has 2 aromatic carbocycles. The number of rotatable bonds is 4. The number of piperidine rings is 1. The number of hydrogen-bond acceptors (Lipinski definition) is 7. The zero-order valence-corrected chi connectivity index (χ0v) is 20.5. The van der Waals surface area contributed by atoms with Gasteiger partial charge in [-0.2, -0.15) is 5.10 Å². The first-order chi connectivity index (χ1) is 16.5. The molecular weight excluding hydrogens is 445 g/mol. The Labute approximate surface area is 203 Å². The highest BCUT2D eigenvalue weighted by molar-refractivity contribution is 5.85. The highest BCUT2D eigenvalue weighted by Crippen LogP contribution is 2.34. The fraction of sp³-hybridized carbons (Fsp3) is 0.385. The monoisotopic (exact) mass is 475 g/mol. The van der Waals surface area contributed by atoms with E-state index in [9.17, 15) is 5.11 Å². The van der Waals surface area contributed by atoms with Crippen molar-refractivity contribution in [3.63, 3.8) is 0 Å². The lowest BCUT2D eigenvalue weighted by atomic mass is 9.78. The largest absolute Gasteiger partial charge is 0.507 e. The minimum absolute atomic E-state index is 0.0799. The minimum Gasteiger partial charge on any atom is -0.507 e. The number of hydrogen-bond donors (Lipinski definition) is 3. The van der Waals surface area contributed by atoms with Gasteiger partial charge in [-0.05, 0) is 69.5 Å². The maximum absolute atomic E-state index is 15.1.